The molecule has 0 radical (unpaired) electrons. The molecule has 2 N–H and O–H groups in total. The van der Waals surface area contributed by atoms with Gasteiger partial charge in [0.15, 0.2) is 0 Å². The zero-order valence-electron chi connectivity index (χ0n) is 42.6. The zero-order valence-corrected chi connectivity index (χ0v) is 42.6. The number of nitrogens with one attached hydrogen (secondary N) is 2. The van der Waals surface area contributed by atoms with Crippen molar-refractivity contribution in [3.8, 4) is 45.9 Å². The third-order valence-electron chi connectivity index (χ3n) is 15.1. The Hall–Kier alpha value is -8.44. The molecule has 0 amide bonds. The lowest BCUT2D eigenvalue weighted by atomic mass is 9.91. The first kappa shape index (κ1) is 46.0. The Morgan fingerprint density at radius 2 is 0.792 bits per heavy atom. The fourth-order valence-electron chi connectivity index (χ4n) is 11.4. The monoisotopic (exact) mass is 930 g/mol. The summed E-state index contributed by atoms with van der Waals surface area (Å²) < 4.78 is 0. The van der Waals surface area contributed by atoms with Gasteiger partial charge in [-0.15, -0.1) is 0 Å². The van der Waals surface area contributed by atoms with Gasteiger partial charge in [0.2, 0.25) is 0 Å². The fourth-order valence-corrected chi connectivity index (χ4v) is 11.4. The van der Waals surface area contributed by atoms with Crippen molar-refractivity contribution in [3.63, 3.8) is 0 Å². The highest BCUT2D eigenvalue weighted by molar-refractivity contribution is 6.10. The van der Waals surface area contributed by atoms with Crippen LogP contribution in [0.3, 0.4) is 0 Å². The van der Waals surface area contributed by atoms with Crippen LogP contribution in [0.1, 0.15) is 122 Å². The van der Waals surface area contributed by atoms with Crippen LogP contribution in [-0.4, -0.2) is 19.9 Å². The molecule has 0 atom stereocenters. The second-order valence-electron chi connectivity index (χ2n) is 19.0. The molecule has 0 saturated carbocycles. The summed E-state index contributed by atoms with van der Waals surface area (Å²) in [6.07, 6.45) is 3.48. The highest BCUT2D eigenvalue weighted by atomic mass is 14.8. The molecule has 6 aromatic carbocycles. The molecule has 0 spiro atoms. The number of aryl methyl sites for hydroxylation is 4. The molecule has 0 aliphatic carbocycles. The minimum absolute atomic E-state index is 0.850. The van der Waals surface area contributed by atoms with Gasteiger partial charge in [0.1, 0.15) is 0 Å². The molecule has 350 valence electrons. The van der Waals surface area contributed by atoms with Gasteiger partial charge in [0.05, 0.1) is 33.8 Å². The summed E-state index contributed by atoms with van der Waals surface area (Å²) in [4.78, 5) is 19.3. The number of rotatable bonds is 6. The zero-order chi connectivity index (χ0) is 49.6. The van der Waals surface area contributed by atoms with E-state index in [1.807, 2.05) is 18.2 Å². The lowest BCUT2D eigenvalue weighted by molar-refractivity contribution is 1.14. The molecule has 8 bridgehead atoms. The molecule has 3 aromatic heterocycles. The summed E-state index contributed by atoms with van der Waals surface area (Å²) in [6.45, 7) is 18.1. The van der Waals surface area contributed by atoms with Crippen LogP contribution < -0.4 is 0 Å². The summed E-state index contributed by atoms with van der Waals surface area (Å²) in [5.41, 5.74) is 26.8. The normalized spacial score (nSPS) is 12.3. The molecule has 0 saturated heterocycles. The highest BCUT2D eigenvalue weighted by Gasteiger charge is 2.27. The van der Waals surface area contributed by atoms with Crippen molar-refractivity contribution in [3.05, 3.63) is 213 Å². The first-order chi connectivity index (χ1) is 35.2. The number of H-pyrrole nitrogens is 2. The number of hydrogen-bond acceptors (Lipinski definition) is 2. The number of nitrogens with zero attached hydrogens (tertiary/aromatic N) is 2. The summed E-state index contributed by atoms with van der Waals surface area (Å²) in [7, 11) is 0. The van der Waals surface area contributed by atoms with E-state index >= 15 is 0 Å². The quantitative estimate of drug-likeness (QED) is 0.129. The average Bonchev–Trinajstić information content (AvgIpc) is 4.10. The number of aromatic nitrogens is 4. The predicted octanol–water partition coefficient (Wildman–Crippen LogP) is 17.2. The molecule has 4 heteroatoms. The number of fused-ring (bicyclic) bond motifs is 10. The van der Waals surface area contributed by atoms with E-state index in [9.17, 15) is 0 Å². The van der Waals surface area contributed by atoms with Crippen molar-refractivity contribution in [2.24, 2.45) is 0 Å². The highest BCUT2D eigenvalue weighted by Crippen LogP contribution is 2.44. The van der Waals surface area contributed by atoms with Crippen LogP contribution in [0.25, 0.3) is 88.2 Å². The Morgan fingerprint density at radius 3 is 1.21 bits per heavy atom. The molecule has 4 nitrogen and oxygen atoms in total. The van der Waals surface area contributed by atoms with E-state index in [-0.39, 0.29) is 0 Å². The van der Waals surface area contributed by atoms with Crippen LogP contribution in [0, 0.1) is 37.5 Å². The second kappa shape index (κ2) is 19.0. The van der Waals surface area contributed by atoms with Crippen LogP contribution in [0.15, 0.2) is 146 Å². The summed E-state index contributed by atoms with van der Waals surface area (Å²) in [5.74, 6) is 14.2. The summed E-state index contributed by atoms with van der Waals surface area (Å²) in [6, 6.07) is 51.4. The second-order valence-corrected chi connectivity index (χ2v) is 19.0. The Bertz CT molecular complexity index is 3860. The van der Waals surface area contributed by atoms with Crippen LogP contribution in [0.4, 0.5) is 0 Å². The maximum Gasteiger partial charge on any atom is 0.0769 e. The largest absolute Gasteiger partial charge is 0.354 e. The molecule has 0 unspecified atom stereocenters. The van der Waals surface area contributed by atoms with Gasteiger partial charge < -0.3 is 9.97 Å². The maximum atomic E-state index is 5.65. The van der Waals surface area contributed by atoms with Crippen molar-refractivity contribution in [2.45, 2.75) is 81.1 Å². The van der Waals surface area contributed by atoms with Crippen molar-refractivity contribution < 1.29 is 0 Å². The van der Waals surface area contributed by atoms with Gasteiger partial charge in [-0.1, -0.05) is 161 Å². The van der Waals surface area contributed by atoms with Gasteiger partial charge in [0, 0.05) is 44.4 Å². The fraction of sp³-hybridized carbons (Fsp3) is 0.176. The minimum Gasteiger partial charge on any atom is -0.354 e. The van der Waals surface area contributed by atoms with E-state index in [0.717, 1.165) is 125 Å². The minimum atomic E-state index is 0.850. The molecular formula is C68H58N4. The van der Waals surface area contributed by atoms with Crippen LogP contribution >= 0.6 is 0 Å². The number of aromatic amines is 2. The first-order valence-electron chi connectivity index (χ1n) is 25.6. The molecule has 0 fully saturated rings. The molecule has 9 aromatic rings. The van der Waals surface area contributed by atoms with Crippen molar-refractivity contribution in [1.82, 2.24) is 19.9 Å². The summed E-state index contributed by atoms with van der Waals surface area (Å²) in [5, 5.41) is 4.39. The van der Waals surface area contributed by atoms with Crippen LogP contribution in [0.2, 0.25) is 0 Å². The van der Waals surface area contributed by atoms with Gasteiger partial charge in [0.25, 0.3) is 0 Å². The van der Waals surface area contributed by atoms with Gasteiger partial charge in [-0.05, 0) is 167 Å². The maximum absolute atomic E-state index is 5.65. The van der Waals surface area contributed by atoms with Gasteiger partial charge in [-0.25, -0.2) is 9.97 Å². The Kier molecular flexibility index (Phi) is 12.2. The molecule has 2 aliphatic heterocycles. The Labute approximate surface area is 423 Å². The topological polar surface area (TPSA) is 57.4 Å². The standard InChI is InChI=1S/C68H58N4/c1-9-49-41(5)65-63(47-25-17-14-18-26-47)66-42(6)50(10-2)60(70-66)40-62-52(12-4)44(8)68(72-62)64(67-43(7)51(11-3)61(71-67)39-59(49)69-65)48-35-31-46(32-36-48)34-38-58-55-29-21-19-27-53(55)57(54-28-20-22-30-56(54)58)37-33-45-23-15-13-16-24-45/h13-32,35-36,39-40,69-70H,9-12H2,1-8H3. The van der Waals surface area contributed by atoms with E-state index in [1.165, 1.54) is 55.7 Å². The van der Waals surface area contributed by atoms with E-state index in [2.05, 4.69) is 216 Å². The smallest absolute Gasteiger partial charge is 0.0769 e. The number of allylic oxidation sites excluding steroid dienone is 4. The van der Waals surface area contributed by atoms with Crippen LogP contribution in [0.5, 0.6) is 0 Å². The number of benzene rings is 6. The molecule has 5 heterocycles. The molecule has 2 aliphatic rings. The summed E-state index contributed by atoms with van der Waals surface area (Å²) >= 11 is 0. The molecule has 11 rings (SSSR count). The number of hydrogen-bond donors (Lipinski definition) is 2. The Balaban J connectivity index is 1.14. The lowest BCUT2D eigenvalue weighted by Gasteiger charge is -2.11. The third-order valence-corrected chi connectivity index (χ3v) is 15.1. The van der Waals surface area contributed by atoms with E-state index in [0.29, 0.717) is 0 Å². The molecule has 72 heavy (non-hydrogen) atoms. The van der Waals surface area contributed by atoms with Gasteiger partial charge in [-0.2, -0.15) is 0 Å². The lowest BCUT2D eigenvalue weighted by Crippen LogP contribution is -1.93. The van der Waals surface area contributed by atoms with Crippen LogP contribution in [-0.2, 0) is 12.8 Å². The van der Waals surface area contributed by atoms with E-state index < -0.39 is 0 Å². The SMILES string of the molecule is CCC1=C(C)c2nc1cc1[nH]c(c(C)c1CC)c(-c1ccccc1)c1[nH]c(cc3nc(c2-c2ccc(C#Cc4c5ccccc5c(C#Cc5ccccc5)c5ccccc45)cc2)C(C)=C3CC)c(CC)c1C. The molecular weight excluding hydrogens is 873 g/mol. The Morgan fingerprint density at radius 1 is 0.403 bits per heavy atom. The first-order valence-corrected chi connectivity index (χ1v) is 25.6. The average molecular weight is 931 g/mol. The predicted molar refractivity (Wildman–Crippen MR) is 306 cm³/mol. The van der Waals surface area contributed by atoms with Crippen molar-refractivity contribution >= 4 is 65.9 Å². The van der Waals surface area contributed by atoms with E-state index in [1.54, 1.807) is 0 Å². The van der Waals surface area contributed by atoms with Crippen molar-refractivity contribution in [1.29, 1.82) is 0 Å². The van der Waals surface area contributed by atoms with Gasteiger partial charge in [-0.3, -0.25) is 0 Å². The third kappa shape index (κ3) is 7.85. The van der Waals surface area contributed by atoms with Gasteiger partial charge >= 0.3 is 0 Å². The van der Waals surface area contributed by atoms with E-state index in [4.69, 9.17) is 9.97 Å². The van der Waals surface area contributed by atoms with Crippen molar-refractivity contribution in [2.75, 3.05) is 0 Å².